The van der Waals surface area contributed by atoms with Crippen LogP contribution in [0, 0.1) is 5.82 Å². The van der Waals surface area contributed by atoms with Gasteiger partial charge in [0, 0.05) is 12.0 Å². The van der Waals surface area contributed by atoms with Crippen molar-refractivity contribution in [1.82, 2.24) is 14.8 Å². The van der Waals surface area contributed by atoms with Gasteiger partial charge in [0.1, 0.15) is 11.6 Å². The van der Waals surface area contributed by atoms with E-state index in [1.54, 1.807) is 6.07 Å². The lowest BCUT2D eigenvalue weighted by Gasteiger charge is -2.22. The molecular formula is C12H13FN4. The lowest BCUT2D eigenvalue weighted by Crippen LogP contribution is -2.25. The second-order valence-corrected chi connectivity index (χ2v) is 4.28. The van der Waals surface area contributed by atoms with E-state index in [-0.39, 0.29) is 12.0 Å². The van der Waals surface area contributed by atoms with Crippen molar-refractivity contribution >= 4 is 0 Å². The number of hydrogen-bond acceptors (Lipinski definition) is 3. The summed E-state index contributed by atoms with van der Waals surface area (Å²) in [5, 5.41) is 8.25. The number of hydrogen-bond donors (Lipinski definition) is 1. The number of nitrogens with two attached hydrogens (primary N) is 1. The molecule has 1 aliphatic rings. The molecule has 0 bridgehead atoms. The second-order valence-electron chi connectivity index (χ2n) is 4.28. The van der Waals surface area contributed by atoms with E-state index in [2.05, 4.69) is 10.2 Å². The summed E-state index contributed by atoms with van der Waals surface area (Å²) in [6.45, 7) is 0. The van der Waals surface area contributed by atoms with Crippen molar-refractivity contribution in [3.63, 3.8) is 0 Å². The third-order valence-corrected chi connectivity index (χ3v) is 3.08. The van der Waals surface area contributed by atoms with E-state index in [1.165, 1.54) is 12.1 Å². The topological polar surface area (TPSA) is 56.7 Å². The molecule has 5 heteroatoms. The molecule has 0 amide bonds. The van der Waals surface area contributed by atoms with Crippen molar-refractivity contribution in [3.05, 3.63) is 35.9 Å². The third-order valence-electron chi connectivity index (χ3n) is 3.08. The van der Waals surface area contributed by atoms with Crippen molar-refractivity contribution < 1.29 is 4.39 Å². The van der Waals surface area contributed by atoms with Crippen LogP contribution in [0.4, 0.5) is 4.39 Å². The first-order chi connectivity index (χ1) is 8.25. The molecule has 17 heavy (non-hydrogen) atoms. The fraction of sp³-hybridized carbons (Fsp3) is 0.333. The van der Waals surface area contributed by atoms with Gasteiger partial charge in [0.25, 0.3) is 0 Å². The zero-order valence-electron chi connectivity index (χ0n) is 9.31. The monoisotopic (exact) mass is 232 g/mol. The molecule has 2 N–H and O–H groups in total. The van der Waals surface area contributed by atoms with E-state index < -0.39 is 0 Å². The van der Waals surface area contributed by atoms with Gasteiger partial charge in [-0.2, -0.15) is 0 Å². The number of halogens is 1. The molecule has 2 heterocycles. The van der Waals surface area contributed by atoms with E-state index in [4.69, 9.17) is 5.73 Å². The Kier molecular flexibility index (Phi) is 2.40. The van der Waals surface area contributed by atoms with E-state index in [0.29, 0.717) is 5.82 Å². The van der Waals surface area contributed by atoms with E-state index >= 15 is 0 Å². The highest BCUT2D eigenvalue weighted by molar-refractivity contribution is 5.55. The van der Waals surface area contributed by atoms with Gasteiger partial charge in [-0.05, 0) is 25.0 Å². The fourth-order valence-corrected chi connectivity index (χ4v) is 2.27. The van der Waals surface area contributed by atoms with Crippen LogP contribution < -0.4 is 5.73 Å². The van der Waals surface area contributed by atoms with Crippen LogP contribution in [0.3, 0.4) is 0 Å². The van der Waals surface area contributed by atoms with Crippen LogP contribution >= 0.6 is 0 Å². The van der Waals surface area contributed by atoms with Gasteiger partial charge in [-0.15, -0.1) is 10.2 Å². The molecule has 0 saturated carbocycles. The van der Waals surface area contributed by atoms with Gasteiger partial charge in [-0.25, -0.2) is 4.39 Å². The van der Waals surface area contributed by atoms with Gasteiger partial charge in [-0.3, -0.25) is 4.57 Å². The predicted octanol–water partition coefficient (Wildman–Crippen LogP) is 1.88. The Bertz CT molecular complexity index is 549. The maximum atomic E-state index is 13.2. The number of aromatic nitrogens is 3. The summed E-state index contributed by atoms with van der Waals surface area (Å²) < 4.78 is 15.1. The molecule has 2 aromatic rings. The van der Waals surface area contributed by atoms with E-state index in [0.717, 1.165) is 30.7 Å². The first-order valence-corrected chi connectivity index (χ1v) is 5.71. The van der Waals surface area contributed by atoms with Crippen molar-refractivity contribution in [2.24, 2.45) is 5.73 Å². The average Bonchev–Trinajstić information content (AvgIpc) is 2.74. The summed E-state index contributed by atoms with van der Waals surface area (Å²) in [5.41, 5.74) is 6.78. The lowest BCUT2D eigenvalue weighted by molar-refractivity contribution is 0.411. The van der Waals surface area contributed by atoms with E-state index in [1.807, 2.05) is 10.6 Å². The summed E-state index contributed by atoms with van der Waals surface area (Å²) in [6.07, 6.45) is 2.72. The van der Waals surface area contributed by atoms with Crippen LogP contribution in [0.2, 0.25) is 0 Å². The Morgan fingerprint density at radius 2 is 2.24 bits per heavy atom. The van der Waals surface area contributed by atoms with Crippen LogP contribution in [-0.2, 0) is 6.42 Å². The van der Waals surface area contributed by atoms with Gasteiger partial charge in [0.15, 0.2) is 5.82 Å². The van der Waals surface area contributed by atoms with Gasteiger partial charge in [0.2, 0.25) is 0 Å². The zero-order chi connectivity index (χ0) is 11.8. The first-order valence-electron chi connectivity index (χ1n) is 5.71. The van der Waals surface area contributed by atoms with Crippen LogP contribution in [0.1, 0.15) is 24.8 Å². The van der Waals surface area contributed by atoms with Crippen molar-refractivity contribution in [2.45, 2.75) is 25.4 Å². The van der Waals surface area contributed by atoms with Crippen LogP contribution in [0.5, 0.6) is 0 Å². The molecule has 0 aliphatic carbocycles. The Balaban J connectivity index is 2.13. The molecule has 0 saturated heterocycles. The summed E-state index contributed by atoms with van der Waals surface area (Å²) in [4.78, 5) is 0. The highest BCUT2D eigenvalue weighted by atomic mass is 19.1. The maximum absolute atomic E-state index is 13.2. The van der Waals surface area contributed by atoms with Gasteiger partial charge < -0.3 is 5.73 Å². The van der Waals surface area contributed by atoms with Crippen LogP contribution in [0.15, 0.2) is 24.3 Å². The minimum absolute atomic E-state index is 0.105. The van der Waals surface area contributed by atoms with Crippen LogP contribution in [0.25, 0.3) is 11.4 Å². The molecule has 4 nitrogen and oxygen atoms in total. The zero-order valence-corrected chi connectivity index (χ0v) is 9.31. The Labute approximate surface area is 98.3 Å². The van der Waals surface area contributed by atoms with Crippen molar-refractivity contribution in [3.8, 4) is 11.4 Å². The van der Waals surface area contributed by atoms with Gasteiger partial charge in [0.05, 0.1) is 6.17 Å². The van der Waals surface area contributed by atoms with Crippen molar-refractivity contribution in [1.29, 1.82) is 0 Å². The first kappa shape index (κ1) is 10.4. The van der Waals surface area contributed by atoms with Gasteiger partial charge in [-0.1, -0.05) is 12.1 Å². The minimum atomic E-state index is -0.274. The largest absolute Gasteiger partial charge is 0.311 e. The smallest absolute Gasteiger partial charge is 0.165 e. The molecular weight excluding hydrogens is 219 g/mol. The SMILES string of the molecule is NC1CCCc2nnc(-c3cccc(F)c3)n21. The number of nitrogens with zero attached hydrogens (tertiary/aromatic N) is 3. The number of fused-ring (bicyclic) bond motifs is 1. The summed E-state index contributed by atoms with van der Waals surface area (Å²) in [5.74, 6) is 1.28. The Morgan fingerprint density at radius 1 is 1.35 bits per heavy atom. The average molecular weight is 232 g/mol. The molecule has 0 spiro atoms. The molecule has 0 fully saturated rings. The molecule has 0 radical (unpaired) electrons. The third kappa shape index (κ3) is 1.72. The van der Waals surface area contributed by atoms with Crippen molar-refractivity contribution in [2.75, 3.05) is 0 Å². The maximum Gasteiger partial charge on any atom is 0.165 e. The highest BCUT2D eigenvalue weighted by Gasteiger charge is 2.22. The number of benzene rings is 1. The standard InChI is InChI=1S/C12H13FN4/c13-9-4-1-3-8(7-9)12-16-15-11-6-2-5-10(14)17(11)12/h1,3-4,7,10H,2,5-6,14H2. The number of aryl methyl sites for hydroxylation is 1. The highest BCUT2D eigenvalue weighted by Crippen LogP contribution is 2.27. The normalized spacial score (nSPS) is 19.1. The molecule has 1 aliphatic heterocycles. The lowest BCUT2D eigenvalue weighted by atomic mass is 10.1. The summed E-state index contributed by atoms with van der Waals surface area (Å²) in [7, 11) is 0. The molecule has 1 aromatic carbocycles. The predicted molar refractivity (Wildman–Crippen MR) is 61.6 cm³/mol. The van der Waals surface area contributed by atoms with E-state index in [9.17, 15) is 4.39 Å². The minimum Gasteiger partial charge on any atom is -0.311 e. The molecule has 3 rings (SSSR count). The van der Waals surface area contributed by atoms with Gasteiger partial charge >= 0.3 is 0 Å². The fourth-order valence-electron chi connectivity index (χ4n) is 2.27. The molecule has 1 aromatic heterocycles. The molecule has 88 valence electrons. The summed E-state index contributed by atoms with van der Waals surface area (Å²) in [6, 6.07) is 6.36. The van der Waals surface area contributed by atoms with Crippen LogP contribution in [-0.4, -0.2) is 14.8 Å². The Hall–Kier alpha value is -1.75. The summed E-state index contributed by atoms with van der Waals surface area (Å²) >= 11 is 0. The molecule has 1 unspecified atom stereocenters. The Morgan fingerprint density at radius 3 is 3.06 bits per heavy atom. The molecule has 1 atom stereocenters. The number of rotatable bonds is 1. The quantitative estimate of drug-likeness (QED) is 0.816. The second kappa shape index (κ2) is 3.92.